The van der Waals surface area contributed by atoms with Gasteiger partial charge in [-0.3, -0.25) is 4.79 Å². The van der Waals surface area contributed by atoms with Gasteiger partial charge >= 0.3 is 0 Å². The van der Waals surface area contributed by atoms with E-state index in [9.17, 15) is 4.79 Å². The Kier molecular flexibility index (Phi) is 6.38. The number of aryl methyl sites for hydroxylation is 1. The number of rotatable bonds is 6. The average molecular weight is 431 g/mol. The summed E-state index contributed by atoms with van der Waals surface area (Å²) < 4.78 is 11.6. The molecule has 6 heteroatoms. The third kappa shape index (κ3) is 5.16. The topological polar surface area (TPSA) is 59.9 Å². The Morgan fingerprint density at radius 1 is 1.00 bits per heavy atom. The number of carbonyl (C=O) groups is 1. The van der Waals surface area contributed by atoms with Crippen LogP contribution >= 0.6 is 11.8 Å². The standard InChI is InChI=1S/C25H22N2O3S/c1-17-11-13-20(14-12-17)26-25-27-24(28)22(31-25)15-19-9-6-10-21(29-2)23(19)30-16-18-7-4-3-5-8-18/h3-15H,16H2,1-2H3,(H,26,27,28)/b22-15-. The second-order valence-electron chi connectivity index (χ2n) is 6.97. The van der Waals surface area contributed by atoms with Crippen molar-refractivity contribution in [2.45, 2.75) is 13.5 Å². The van der Waals surface area contributed by atoms with Crippen molar-refractivity contribution in [3.63, 3.8) is 0 Å². The molecule has 0 aliphatic carbocycles. The zero-order chi connectivity index (χ0) is 21.6. The molecule has 1 amide bonds. The molecule has 31 heavy (non-hydrogen) atoms. The smallest absolute Gasteiger partial charge is 0.264 e. The molecule has 0 atom stereocenters. The Morgan fingerprint density at radius 3 is 2.52 bits per heavy atom. The zero-order valence-corrected chi connectivity index (χ0v) is 18.1. The number of methoxy groups -OCH3 is 1. The van der Waals surface area contributed by atoms with Gasteiger partial charge in [0.05, 0.1) is 17.7 Å². The molecule has 3 aromatic rings. The first-order valence-corrected chi connectivity index (χ1v) is 10.6. The first-order chi connectivity index (χ1) is 15.1. The third-order valence-corrected chi connectivity index (χ3v) is 5.57. The fourth-order valence-corrected chi connectivity index (χ4v) is 3.88. The number of para-hydroxylation sites is 1. The molecule has 0 saturated carbocycles. The summed E-state index contributed by atoms with van der Waals surface area (Å²) in [5, 5.41) is 3.38. The molecule has 1 heterocycles. The molecule has 1 fully saturated rings. The lowest BCUT2D eigenvalue weighted by Gasteiger charge is -2.13. The van der Waals surface area contributed by atoms with Gasteiger partial charge in [0, 0.05) is 5.56 Å². The molecule has 3 aromatic carbocycles. The van der Waals surface area contributed by atoms with Gasteiger partial charge in [-0.25, -0.2) is 4.99 Å². The highest BCUT2D eigenvalue weighted by Gasteiger charge is 2.24. The summed E-state index contributed by atoms with van der Waals surface area (Å²) in [7, 11) is 1.60. The highest BCUT2D eigenvalue weighted by Crippen LogP contribution is 2.36. The second kappa shape index (κ2) is 9.53. The number of carbonyl (C=O) groups excluding carboxylic acids is 1. The largest absolute Gasteiger partial charge is 0.493 e. The Morgan fingerprint density at radius 2 is 1.77 bits per heavy atom. The van der Waals surface area contributed by atoms with Gasteiger partial charge in [0.1, 0.15) is 6.61 Å². The quantitative estimate of drug-likeness (QED) is 0.527. The predicted octanol–water partition coefficient (Wildman–Crippen LogP) is 5.47. The minimum absolute atomic E-state index is 0.187. The Bertz CT molecular complexity index is 1140. The Hall–Kier alpha value is -3.51. The van der Waals surface area contributed by atoms with Crippen LogP contribution in [0.3, 0.4) is 0 Å². The molecule has 156 valence electrons. The predicted molar refractivity (Wildman–Crippen MR) is 126 cm³/mol. The van der Waals surface area contributed by atoms with E-state index in [1.165, 1.54) is 11.8 Å². The van der Waals surface area contributed by atoms with Crippen LogP contribution in [0.2, 0.25) is 0 Å². The summed E-state index contributed by atoms with van der Waals surface area (Å²) in [6.45, 7) is 2.42. The fourth-order valence-electron chi connectivity index (χ4n) is 3.05. The monoisotopic (exact) mass is 430 g/mol. The highest BCUT2D eigenvalue weighted by atomic mass is 32.2. The number of nitrogens with zero attached hydrogens (tertiary/aromatic N) is 1. The van der Waals surface area contributed by atoms with E-state index in [4.69, 9.17) is 9.47 Å². The molecule has 1 saturated heterocycles. The maximum absolute atomic E-state index is 12.5. The molecule has 1 N–H and O–H groups in total. The number of thioether (sulfide) groups is 1. The van der Waals surface area contributed by atoms with Gasteiger partial charge in [-0.05, 0) is 48.5 Å². The number of amides is 1. The van der Waals surface area contributed by atoms with Crippen molar-refractivity contribution in [2.75, 3.05) is 7.11 Å². The number of aliphatic imine (C=N–C) groups is 1. The van der Waals surface area contributed by atoms with Crippen LogP contribution in [0, 0.1) is 6.92 Å². The Labute approximate surface area is 185 Å². The number of nitrogens with one attached hydrogen (secondary N) is 1. The van der Waals surface area contributed by atoms with E-state index in [0.29, 0.717) is 28.2 Å². The van der Waals surface area contributed by atoms with Crippen LogP contribution in [-0.4, -0.2) is 18.2 Å². The van der Waals surface area contributed by atoms with Gasteiger partial charge in [0.15, 0.2) is 16.7 Å². The second-order valence-corrected chi connectivity index (χ2v) is 8.00. The van der Waals surface area contributed by atoms with Crippen LogP contribution in [-0.2, 0) is 11.4 Å². The van der Waals surface area contributed by atoms with Gasteiger partial charge < -0.3 is 14.8 Å². The van der Waals surface area contributed by atoms with Crippen molar-refractivity contribution < 1.29 is 14.3 Å². The average Bonchev–Trinajstić information content (AvgIpc) is 3.13. The number of amidine groups is 1. The van der Waals surface area contributed by atoms with E-state index in [0.717, 1.165) is 22.4 Å². The minimum Gasteiger partial charge on any atom is -0.493 e. The maximum atomic E-state index is 12.5. The molecule has 0 spiro atoms. The minimum atomic E-state index is -0.187. The van der Waals surface area contributed by atoms with Crippen molar-refractivity contribution >= 4 is 34.6 Å². The summed E-state index contributed by atoms with van der Waals surface area (Å²) in [6, 6.07) is 23.4. The van der Waals surface area contributed by atoms with Crippen molar-refractivity contribution in [1.82, 2.24) is 5.32 Å². The van der Waals surface area contributed by atoms with Crippen molar-refractivity contribution in [3.8, 4) is 11.5 Å². The van der Waals surface area contributed by atoms with E-state index in [2.05, 4.69) is 10.3 Å². The number of benzene rings is 3. The van der Waals surface area contributed by atoms with Gasteiger partial charge in [-0.15, -0.1) is 0 Å². The lowest BCUT2D eigenvalue weighted by Crippen LogP contribution is -2.19. The van der Waals surface area contributed by atoms with Gasteiger partial charge in [0.25, 0.3) is 5.91 Å². The number of hydrogen-bond acceptors (Lipinski definition) is 5. The molecule has 4 rings (SSSR count). The lowest BCUT2D eigenvalue weighted by atomic mass is 10.1. The summed E-state index contributed by atoms with van der Waals surface area (Å²) in [5.74, 6) is 1.02. The maximum Gasteiger partial charge on any atom is 0.264 e. The first-order valence-electron chi connectivity index (χ1n) is 9.82. The van der Waals surface area contributed by atoms with E-state index >= 15 is 0 Å². The summed E-state index contributed by atoms with van der Waals surface area (Å²) in [6.07, 6.45) is 1.81. The highest BCUT2D eigenvalue weighted by molar-refractivity contribution is 8.18. The molecule has 0 radical (unpaired) electrons. The molecular weight excluding hydrogens is 408 g/mol. The molecule has 0 bridgehead atoms. The fraction of sp³-hybridized carbons (Fsp3) is 0.120. The first kappa shape index (κ1) is 20.8. The van der Waals surface area contributed by atoms with Crippen LogP contribution in [0.25, 0.3) is 6.08 Å². The van der Waals surface area contributed by atoms with Crippen molar-refractivity contribution in [3.05, 3.63) is 94.4 Å². The van der Waals surface area contributed by atoms with E-state index in [-0.39, 0.29) is 5.91 Å². The lowest BCUT2D eigenvalue weighted by molar-refractivity contribution is -0.115. The number of hydrogen-bond donors (Lipinski definition) is 1. The van der Waals surface area contributed by atoms with Gasteiger partial charge in [-0.1, -0.05) is 60.2 Å². The summed E-state index contributed by atoms with van der Waals surface area (Å²) in [4.78, 5) is 17.6. The molecule has 1 aliphatic rings. The van der Waals surface area contributed by atoms with Gasteiger partial charge in [-0.2, -0.15) is 0 Å². The van der Waals surface area contributed by atoms with Crippen LogP contribution in [0.5, 0.6) is 11.5 Å². The van der Waals surface area contributed by atoms with E-state index in [1.807, 2.05) is 79.7 Å². The zero-order valence-electron chi connectivity index (χ0n) is 17.3. The van der Waals surface area contributed by atoms with E-state index in [1.54, 1.807) is 13.2 Å². The van der Waals surface area contributed by atoms with Crippen molar-refractivity contribution in [1.29, 1.82) is 0 Å². The van der Waals surface area contributed by atoms with Crippen LogP contribution in [0.4, 0.5) is 5.69 Å². The van der Waals surface area contributed by atoms with Gasteiger partial charge in [0.2, 0.25) is 0 Å². The van der Waals surface area contributed by atoms with Crippen molar-refractivity contribution in [2.24, 2.45) is 4.99 Å². The number of ether oxygens (including phenoxy) is 2. The molecule has 1 aliphatic heterocycles. The SMILES string of the molecule is COc1cccc(/C=C2\SC(=Nc3ccc(C)cc3)NC2=O)c1OCc1ccccc1. The molecule has 0 unspecified atom stereocenters. The summed E-state index contributed by atoms with van der Waals surface area (Å²) >= 11 is 1.30. The normalized spacial score (nSPS) is 15.9. The molecule has 5 nitrogen and oxygen atoms in total. The van der Waals surface area contributed by atoms with Crippen LogP contribution in [0.15, 0.2) is 82.7 Å². The molecular formula is C25H22N2O3S. The van der Waals surface area contributed by atoms with Crippen LogP contribution < -0.4 is 14.8 Å². The third-order valence-electron chi connectivity index (χ3n) is 4.66. The van der Waals surface area contributed by atoms with E-state index < -0.39 is 0 Å². The summed E-state index contributed by atoms with van der Waals surface area (Å²) in [5.41, 5.74) is 3.77. The van der Waals surface area contributed by atoms with Crippen LogP contribution in [0.1, 0.15) is 16.7 Å². The molecule has 0 aromatic heterocycles. The Balaban J connectivity index is 1.58.